The van der Waals surface area contributed by atoms with Crippen LogP contribution >= 0.6 is 0 Å². The molecule has 1 heterocycles. The molecule has 0 fully saturated rings. The summed E-state index contributed by atoms with van der Waals surface area (Å²) in [5, 5.41) is 3.12. The number of hydrogen-bond acceptors (Lipinski definition) is 4. The highest BCUT2D eigenvalue weighted by Crippen LogP contribution is 2.27. The van der Waals surface area contributed by atoms with Gasteiger partial charge in [-0.3, -0.25) is 4.79 Å². The average molecular weight is 396 g/mol. The molecule has 0 atom stereocenters. The van der Waals surface area contributed by atoms with E-state index in [1.807, 2.05) is 38.1 Å². The van der Waals surface area contributed by atoms with Crippen molar-refractivity contribution >= 4 is 11.6 Å². The van der Waals surface area contributed by atoms with Crippen molar-refractivity contribution < 1.29 is 18.3 Å². The molecule has 0 aliphatic heterocycles. The normalized spacial score (nSPS) is 10.6. The Bertz CT molecular complexity index is 1000. The van der Waals surface area contributed by atoms with Crippen molar-refractivity contribution in [2.45, 2.75) is 20.3 Å². The number of rotatable bonds is 8. The molecule has 3 rings (SSSR count). The number of carbonyl (C=O) groups excluding carboxylic acids is 1. The molecular formula is C23H22F2N2O2. The molecule has 0 unspecified atom stereocenters. The topological polar surface area (TPSA) is 51.2 Å². The molecule has 2 aromatic carbocycles. The number of nitrogens with zero attached hydrogens (tertiary/aromatic N) is 1. The van der Waals surface area contributed by atoms with Crippen molar-refractivity contribution in [1.29, 1.82) is 0 Å². The van der Waals surface area contributed by atoms with E-state index in [-0.39, 0.29) is 5.56 Å². The smallest absolute Gasteiger partial charge is 0.196 e. The zero-order valence-corrected chi connectivity index (χ0v) is 16.3. The summed E-state index contributed by atoms with van der Waals surface area (Å²) in [7, 11) is 0. The van der Waals surface area contributed by atoms with Crippen LogP contribution in [0.3, 0.4) is 0 Å². The van der Waals surface area contributed by atoms with Gasteiger partial charge in [0, 0.05) is 23.9 Å². The third-order valence-corrected chi connectivity index (χ3v) is 4.36. The Morgan fingerprint density at radius 3 is 2.41 bits per heavy atom. The van der Waals surface area contributed by atoms with Crippen LogP contribution in [0.5, 0.6) is 5.75 Å². The molecule has 0 saturated carbocycles. The van der Waals surface area contributed by atoms with Crippen molar-refractivity contribution in [2.24, 2.45) is 0 Å². The molecule has 0 aliphatic rings. The first-order valence-electron chi connectivity index (χ1n) is 9.50. The van der Waals surface area contributed by atoms with Gasteiger partial charge in [0.15, 0.2) is 17.4 Å². The van der Waals surface area contributed by atoms with Crippen molar-refractivity contribution in [3.05, 3.63) is 77.5 Å². The number of carbonyl (C=O) groups is 1. The number of benzene rings is 2. The molecule has 1 N–H and O–H groups in total. The van der Waals surface area contributed by atoms with E-state index < -0.39 is 17.4 Å². The van der Waals surface area contributed by atoms with Crippen LogP contribution in [0.1, 0.15) is 36.2 Å². The average Bonchev–Trinajstić information content (AvgIpc) is 2.74. The van der Waals surface area contributed by atoms with Crippen molar-refractivity contribution in [1.82, 2.24) is 4.98 Å². The highest BCUT2D eigenvalue weighted by atomic mass is 19.2. The quantitative estimate of drug-likeness (QED) is 0.513. The van der Waals surface area contributed by atoms with Gasteiger partial charge in [0.1, 0.15) is 11.6 Å². The molecule has 1 aromatic heterocycles. The van der Waals surface area contributed by atoms with E-state index >= 15 is 0 Å². The number of ether oxygens (including phenoxy) is 1. The molecule has 0 spiro atoms. The second-order valence-corrected chi connectivity index (χ2v) is 6.46. The van der Waals surface area contributed by atoms with E-state index in [9.17, 15) is 13.6 Å². The zero-order valence-electron chi connectivity index (χ0n) is 16.3. The lowest BCUT2D eigenvalue weighted by atomic mass is 9.99. The highest BCUT2D eigenvalue weighted by Gasteiger charge is 2.18. The van der Waals surface area contributed by atoms with Gasteiger partial charge in [-0.1, -0.05) is 19.1 Å². The van der Waals surface area contributed by atoms with Gasteiger partial charge in [0.25, 0.3) is 0 Å². The summed E-state index contributed by atoms with van der Waals surface area (Å²) in [6.07, 6.45) is 2.52. The maximum atomic E-state index is 13.6. The molecular weight excluding hydrogens is 374 g/mol. The van der Waals surface area contributed by atoms with Gasteiger partial charge in [0.2, 0.25) is 0 Å². The molecule has 0 amide bonds. The summed E-state index contributed by atoms with van der Waals surface area (Å²) >= 11 is 0. The fourth-order valence-corrected chi connectivity index (χ4v) is 2.88. The highest BCUT2D eigenvalue weighted by molar-refractivity contribution is 6.12. The number of ketones is 1. The number of halogens is 2. The summed E-state index contributed by atoms with van der Waals surface area (Å²) < 4.78 is 32.4. The molecule has 6 heteroatoms. The Kier molecular flexibility index (Phi) is 6.54. The van der Waals surface area contributed by atoms with Gasteiger partial charge in [-0.15, -0.1) is 0 Å². The fourth-order valence-electron chi connectivity index (χ4n) is 2.88. The molecule has 0 radical (unpaired) electrons. The first-order chi connectivity index (χ1) is 14.0. The third kappa shape index (κ3) is 4.77. The van der Waals surface area contributed by atoms with Crippen LogP contribution in [0.25, 0.3) is 11.1 Å². The van der Waals surface area contributed by atoms with Crippen LogP contribution in [0.4, 0.5) is 14.6 Å². The molecule has 150 valence electrons. The monoisotopic (exact) mass is 396 g/mol. The molecule has 0 bridgehead atoms. The fraction of sp³-hybridized carbons (Fsp3) is 0.217. The molecule has 29 heavy (non-hydrogen) atoms. The van der Waals surface area contributed by atoms with Gasteiger partial charge in [0.05, 0.1) is 12.2 Å². The Labute approximate surface area is 168 Å². The van der Waals surface area contributed by atoms with E-state index in [1.165, 1.54) is 6.07 Å². The maximum Gasteiger partial charge on any atom is 0.196 e. The minimum absolute atomic E-state index is 0.0640. The minimum atomic E-state index is -1.06. The Hall–Kier alpha value is -3.28. The summed E-state index contributed by atoms with van der Waals surface area (Å²) in [6, 6.07) is 12.3. The number of anilines is 1. The maximum absolute atomic E-state index is 13.6. The number of hydrogen-bond donors (Lipinski definition) is 1. The van der Waals surface area contributed by atoms with Crippen molar-refractivity contribution in [3.8, 4) is 16.9 Å². The van der Waals surface area contributed by atoms with Crippen LogP contribution in [-0.2, 0) is 0 Å². The van der Waals surface area contributed by atoms with Crippen molar-refractivity contribution in [3.63, 3.8) is 0 Å². The molecule has 3 aromatic rings. The summed E-state index contributed by atoms with van der Waals surface area (Å²) in [5.74, 6) is -1.32. The Balaban J connectivity index is 2.01. The largest absolute Gasteiger partial charge is 0.494 e. The Morgan fingerprint density at radius 1 is 1.00 bits per heavy atom. The lowest BCUT2D eigenvalue weighted by molar-refractivity contribution is 0.103. The predicted octanol–water partition coefficient (Wildman–Crippen LogP) is 5.48. The van der Waals surface area contributed by atoms with Crippen LogP contribution in [-0.4, -0.2) is 23.9 Å². The van der Waals surface area contributed by atoms with Gasteiger partial charge < -0.3 is 10.1 Å². The third-order valence-electron chi connectivity index (χ3n) is 4.36. The summed E-state index contributed by atoms with van der Waals surface area (Å²) in [6.45, 7) is 5.12. The lowest BCUT2D eigenvalue weighted by Crippen LogP contribution is -2.11. The second kappa shape index (κ2) is 9.28. The van der Waals surface area contributed by atoms with Gasteiger partial charge in [-0.25, -0.2) is 13.8 Å². The van der Waals surface area contributed by atoms with E-state index in [1.54, 1.807) is 12.3 Å². The SMILES string of the molecule is CCCNc1ncc(-c2ccc(OCC)cc2)cc1C(=O)c1ccc(F)c(F)c1. The van der Waals surface area contributed by atoms with Crippen LogP contribution in [0, 0.1) is 11.6 Å². The first kappa shape index (κ1) is 20.5. The van der Waals surface area contributed by atoms with Crippen LogP contribution in [0.15, 0.2) is 54.7 Å². The second-order valence-electron chi connectivity index (χ2n) is 6.46. The molecule has 4 nitrogen and oxygen atoms in total. The van der Waals surface area contributed by atoms with Crippen LogP contribution in [0.2, 0.25) is 0 Å². The van der Waals surface area contributed by atoms with Crippen LogP contribution < -0.4 is 10.1 Å². The van der Waals surface area contributed by atoms with E-state index in [4.69, 9.17) is 4.74 Å². The molecule has 0 aliphatic carbocycles. The number of nitrogens with one attached hydrogen (secondary N) is 1. The Morgan fingerprint density at radius 2 is 1.76 bits per heavy atom. The molecule has 0 saturated heterocycles. The van der Waals surface area contributed by atoms with Gasteiger partial charge in [-0.05, 0) is 55.3 Å². The van der Waals surface area contributed by atoms with E-state index in [0.717, 1.165) is 35.4 Å². The summed E-state index contributed by atoms with van der Waals surface area (Å²) in [5.41, 5.74) is 1.97. The van der Waals surface area contributed by atoms with E-state index in [0.29, 0.717) is 24.5 Å². The first-order valence-corrected chi connectivity index (χ1v) is 9.50. The summed E-state index contributed by atoms with van der Waals surface area (Å²) in [4.78, 5) is 17.4. The standard InChI is InChI=1S/C23H22F2N2O2/c1-3-11-26-23-19(22(28)16-7-10-20(24)21(25)13-16)12-17(14-27-23)15-5-8-18(9-6-15)29-4-2/h5-10,12-14H,3-4,11H2,1-2H3,(H,26,27). The zero-order chi connectivity index (χ0) is 20.8. The van der Waals surface area contributed by atoms with Gasteiger partial charge in [-0.2, -0.15) is 0 Å². The van der Waals surface area contributed by atoms with Crippen molar-refractivity contribution in [2.75, 3.05) is 18.5 Å². The minimum Gasteiger partial charge on any atom is -0.494 e. The lowest BCUT2D eigenvalue weighted by Gasteiger charge is -2.12. The van der Waals surface area contributed by atoms with Gasteiger partial charge >= 0.3 is 0 Å². The van der Waals surface area contributed by atoms with E-state index in [2.05, 4.69) is 10.3 Å². The number of aromatic nitrogens is 1. The number of pyridine rings is 1. The predicted molar refractivity (Wildman–Crippen MR) is 109 cm³/mol.